The van der Waals surface area contributed by atoms with Crippen LogP contribution in [0, 0.1) is 6.92 Å². The third kappa shape index (κ3) is 2.39. The zero-order valence-electron chi connectivity index (χ0n) is 14.4. The van der Waals surface area contributed by atoms with E-state index in [1.54, 1.807) is 0 Å². The number of aromatic nitrogens is 1. The molecule has 2 nitrogen and oxygen atoms in total. The van der Waals surface area contributed by atoms with Gasteiger partial charge in [0.2, 0.25) is 0 Å². The van der Waals surface area contributed by atoms with E-state index in [9.17, 15) is 0 Å². The molecule has 0 saturated heterocycles. The van der Waals surface area contributed by atoms with Gasteiger partial charge in [-0.05, 0) is 37.3 Å². The topological polar surface area (TPSA) is 26.0 Å². The van der Waals surface area contributed by atoms with Crippen LogP contribution in [0.2, 0.25) is 0 Å². The number of furan rings is 1. The summed E-state index contributed by atoms with van der Waals surface area (Å²) in [7, 11) is 0. The van der Waals surface area contributed by atoms with Crippen LogP contribution in [0.25, 0.3) is 44.5 Å². The van der Waals surface area contributed by atoms with Gasteiger partial charge in [0.1, 0.15) is 11.2 Å². The minimum atomic E-state index is 0.891. The SMILES string of the molecule is Cc1cccc(-c2cccc(-c3cccc4c3oc3ccccc34)n2)c1. The van der Waals surface area contributed by atoms with Crippen molar-refractivity contribution in [3.8, 4) is 22.5 Å². The van der Waals surface area contributed by atoms with Crippen LogP contribution in [0.3, 0.4) is 0 Å². The summed E-state index contributed by atoms with van der Waals surface area (Å²) in [6, 6.07) is 29.0. The number of hydrogen-bond donors (Lipinski definition) is 0. The van der Waals surface area contributed by atoms with Crippen molar-refractivity contribution in [2.45, 2.75) is 6.92 Å². The molecule has 0 fully saturated rings. The predicted octanol–water partition coefficient (Wildman–Crippen LogP) is 6.62. The standard InChI is InChI=1S/C24H17NO/c1-16-7-4-8-17(15-16)21-12-6-13-22(25-21)20-11-5-10-19-18-9-2-3-14-23(18)26-24(19)20/h2-15H,1H3. The second-order valence-corrected chi connectivity index (χ2v) is 6.56. The van der Waals surface area contributed by atoms with Gasteiger partial charge in [-0.25, -0.2) is 4.98 Å². The normalized spacial score (nSPS) is 11.3. The molecule has 0 unspecified atom stereocenters. The molecule has 2 heterocycles. The molecular weight excluding hydrogens is 318 g/mol. The summed E-state index contributed by atoms with van der Waals surface area (Å²) in [5.74, 6) is 0. The van der Waals surface area contributed by atoms with Crippen LogP contribution >= 0.6 is 0 Å². The number of para-hydroxylation sites is 2. The smallest absolute Gasteiger partial charge is 0.144 e. The second kappa shape index (κ2) is 5.85. The lowest BCUT2D eigenvalue weighted by atomic mass is 10.0. The Labute approximate surface area is 151 Å². The highest BCUT2D eigenvalue weighted by Crippen LogP contribution is 2.35. The van der Waals surface area contributed by atoms with Crippen molar-refractivity contribution in [1.82, 2.24) is 4.98 Å². The molecule has 0 saturated carbocycles. The van der Waals surface area contributed by atoms with Crippen molar-refractivity contribution in [2.75, 3.05) is 0 Å². The van der Waals surface area contributed by atoms with E-state index >= 15 is 0 Å². The highest BCUT2D eigenvalue weighted by molar-refractivity contribution is 6.09. The maximum atomic E-state index is 6.16. The number of nitrogens with zero attached hydrogens (tertiary/aromatic N) is 1. The minimum absolute atomic E-state index is 0.891. The first-order chi connectivity index (χ1) is 12.8. The Kier molecular flexibility index (Phi) is 3.36. The second-order valence-electron chi connectivity index (χ2n) is 6.56. The molecule has 26 heavy (non-hydrogen) atoms. The molecule has 124 valence electrons. The molecule has 0 spiro atoms. The number of rotatable bonds is 2. The number of hydrogen-bond acceptors (Lipinski definition) is 2. The average molecular weight is 335 g/mol. The molecule has 0 N–H and O–H groups in total. The summed E-state index contributed by atoms with van der Waals surface area (Å²) in [4.78, 5) is 4.91. The Morgan fingerprint density at radius 3 is 2.38 bits per heavy atom. The highest BCUT2D eigenvalue weighted by Gasteiger charge is 2.13. The van der Waals surface area contributed by atoms with Crippen LogP contribution in [0.5, 0.6) is 0 Å². The first-order valence-corrected chi connectivity index (χ1v) is 8.74. The van der Waals surface area contributed by atoms with E-state index in [-0.39, 0.29) is 0 Å². The Bertz CT molecular complexity index is 1250. The molecule has 2 heteroatoms. The lowest BCUT2D eigenvalue weighted by molar-refractivity contribution is 0.670. The van der Waals surface area contributed by atoms with Crippen LogP contribution < -0.4 is 0 Å². The Morgan fingerprint density at radius 2 is 1.46 bits per heavy atom. The van der Waals surface area contributed by atoms with Gasteiger partial charge in [0.15, 0.2) is 0 Å². The first-order valence-electron chi connectivity index (χ1n) is 8.74. The fourth-order valence-corrected chi connectivity index (χ4v) is 3.50. The van der Waals surface area contributed by atoms with Gasteiger partial charge in [-0.1, -0.05) is 60.2 Å². The van der Waals surface area contributed by atoms with Crippen LogP contribution in [-0.4, -0.2) is 4.98 Å². The van der Waals surface area contributed by atoms with Crippen molar-refractivity contribution in [2.24, 2.45) is 0 Å². The Morgan fingerprint density at radius 1 is 0.692 bits per heavy atom. The maximum Gasteiger partial charge on any atom is 0.144 e. The summed E-state index contributed by atoms with van der Waals surface area (Å²) in [5, 5.41) is 2.26. The molecule has 0 radical (unpaired) electrons. The summed E-state index contributed by atoms with van der Waals surface area (Å²) < 4.78 is 6.16. The van der Waals surface area contributed by atoms with Gasteiger partial charge in [-0.3, -0.25) is 0 Å². The van der Waals surface area contributed by atoms with Crippen LogP contribution in [-0.2, 0) is 0 Å². The highest BCUT2D eigenvalue weighted by atomic mass is 16.3. The fourth-order valence-electron chi connectivity index (χ4n) is 3.50. The molecule has 0 bridgehead atoms. The third-order valence-electron chi connectivity index (χ3n) is 4.74. The molecular formula is C24H17NO. The van der Waals surface area contributed by atoms with E-state index in [2.05, 4.69) is 67.6 Å². The first kappa shape index (κ1) is 14.9. The van der Waals surface area contributed by atoms with Gasteiger partial charge in [0.05, 0.1) is 11.4 Å². The van der Waals surface area contributed by atoms with Gasteiger partial charge >= 0.3 is 0 Å². The third-order valence-corrected chi connectivity index (χ3v) is 4.74. The Balaban J connectivity index is 1.72. The van der Waals surface area contributed by atoms with Gasteiger partial charge < -0.3 is 4.42 Å². The summed E-state index contributed by atoms with van der Waals surface area (Å²) >= 11 is 0. The summed E-state index contributed by atoms with van der Waals surface area (Å²) in [6.45, 7) is 2.10. The molecule has 2 aromatic heterocycles. The van der Waals surface area contributed by atoms with Gasteiger partial charge in [-0.15, -0.1) is 0 Å². The van der Waals surface area contributed by atoms with E-state index in [4.69, 9.17) is 9.40 Å². The van der Waals surface area contributed by atoms with E-state index in [0.717, 1.165) is 44.5 Å². The van der Waals surface area contributed by atoms with Gasteiger partial charge in [-0.2, -0.15) is 0 Å². The quantitative estimate of drug-likeness (QED) is 0.362. The molecule has 0 aliphatic carbocycles. The zero-order valence-corrected chi connectivity index (χ0v) is 14.4. The maximum absolute atomic E-state index is 6.16. The van der Waals surface area contributed by atoms with Crippen molar-refractivity contribution in [3.63, 3.8) is 0 Å². The molecule has 5 rings (SSSR count). The van der Waals surface area contributed by atoms with E-state index in [1.165, 1.54) is 5.56 Å². The fraction of sp³-hybridized carbons (Fsp3) is 0.0417. The van der Waals surface area contributed by atoms with E-state index in [0.29, 0.717) is 0 Å². The number of benzene rings is 3. The van der Waals surface area contributed by atoms with Gasteiger partial charge in [0, 0.05) is 21.9 Å². The zero-order chi connectivity index (χ0) is 17.5. The monoisotopic (exact) mass is 335 g/mol. The lowest BCUT2D eigenvalue weighted by Crippen LogP contribution is -1.88. The lowest BCUT2D eigenvalue weighted by Gasteiger charge is -2.06. The van der Waals surface area contributed by atoms with Crippen molar-refractivity contribution < 1.29 is 4.42 Å². The van der Waals surface area contributed by atoms with E-state index in [1.807, 2.05) is 24.3 Å². The molecule has 0 amide bonds. The molecule has 0 aliphatic rings. The average Bonchev–Trinajstić information content (AvgIpc) is 3.07. The molecule has 0 aliphatic heterocycles. The molecule has 5 aromatic rings. The van der Waals surface area contributed by atoms with Crippen LogP contribution in [0.4, 0.5) is 0 Å². The van der Waals surface area contributed by atoms with Gasteiger partial charge in [0.25, 0.3) is 0 Å². The summed E-state index contributed by atoms with van der Waals surface area (Å²) in [6.07, 6.45) is 0. The van der Waals surface area contributed by atoms with Crippen molar-refractivity contribution >= 4 is 21.9 Å². The minimum Gasteiger partial charge on any atom is -0.455 e. The molecule has 0 atom stereocenters. The Hall–Kier alpha value is -3.39. The molecule has 3 aromatic carbocycles. The largest absolute Gasteiger partial charge is 0.455 e. The van der Waals surface area contributed by atoms with Crippen molar-refractivity contribution in [3.05, 3.63) is 90.5 Å². The number of aryl methyl sites for hydroxylation is 1. The summed E-state index contributed by atoms with van der Waals surface area (Å²) in [5.41, 5.74) is 7.08. The van der Waals surface area contributed by atoms with Crippen LogP contribution in [0.15, 0.2) is 89.3 Å². The number of fused-ring (bicyclic) bond motifs is 3. The van der Waals surface area contributed by atoms with Crippen LogP contribution in [0.1, 0.15) is 5.56 Å². The number of pyridine rings is 1. The van der Waals surface area contributed by atoms with Crippen molar-refractivity contribution in [1.29, 1.82) is 0 Å². The predicted molar refractivity (Wildman–Crippen MR) is 107 cm³/mol. The van der Waals surface area contributed by atoms with E-state index < -0.39 is 0 Å².